The third-order valence-electron chi connectivity index (χ3n) is 6.35. The summed E-state index contributed by atoms with van der Waals surface area (Å²) >= 11 is 0. The van der Waals surface area contributed by atoms with E-state index in [4.69, 9.17) is 4.98 Å². The first-order valence-electron chi connectivity index (χ1n) is 11.5. The van der Waals surface area contributed by atoms with E-state index >= 15 is 0 Å². The van der Waals surface area contributed by atoms with Crippen LogP contribution in [0.5, 0.6) is 0 Å². The molecule has 0 bridgehead atoms. The molecule has 1 aliphatic rings. The van der Waals surface area contributed by atoms with Gasteiger partial charge in [0.25, 0.3) is 5.91 Å². The maximum Gasteiger partial charge on any atom is 0.253 e. The zero-order valence-electron chi connectivity index (χ0n) is 18.8. The largest absolute Gasteiger partial charge is 0.352 e. The lowest BCUT2D eigenvalue weighted by Gasteiger charge is -2.31. The van der Waals surface area contributed by atoms with Gasteiger partial charge in [-0.2, -0.15) is 0 Å². The zero-order chi connectivity index (χ0) is 22.6. The zero-order valence-corrected chi connectivity index (χ0v) is 18.8. The average Bonchev–Trinajstić information content (AvgIpc) is 3.26. The number of carbonyl (C=O) groups is 1. The van der Waals surface area contributed by atoms with Crippen LogP contribution in [0.1, 0.15) is 51.9 Å². The van der Waals surface area contributed by atoms with Gasteiger partial charge in [-0.05, 0) is 74.2 Å². The molecule has 1 unspecified atom stereocenters. The Hall–Kier alpha value is -3.58. The number of carbonyl (C=O) groups excluding carboxylic acids is 1. The van der Waals surface area contributed by atoms with Crippen molar-refractivity contribution < 1.29 is 4.79 Å². The number of amides is 1. The summed E-state index contributed by atoms with van der Waals surface area (Å²) in [5.41, 5.74) is 5.85. The summed E-state index contributed by atoms with van der Waals surface area (Å²) in [5, 5.41) is 3.02. The van der Waals surface area contributed by atoms with Gasteiger partial charge in [0.1, 0.15) is 11.3 Å². The Labute approximate surface area is 193 Å². The van der Waals surface area contributed by atoms with Gasteiger partial charge in [-0.25, -0.2) is 4.98 Å². The first kappa shape index (κ1) is 21.3. The van der Waals surface area contributed by atoms with E-state index in [1.54, 1.807) is 12.4 Å². The Morgan fingerprint density at radius 2 is 2.03 bits per heavy atom. The molecule has 1 atom stereocenters. The number of pyridine rings is 2. The van der Waals surface area contributed by atoms with Gasteiger partial charge in [-0.1, -0.05) is 12.1 Å². The van der Waals surface area contributed by atoms with Crippen molar-refractivity contribution in [3.63, 3.8) is 0 Å². The highest BCUT2D eigenvalue weighted by molar-refractivity contribution is 6.04. The number of imidazole rings is 1. The standard InChI is InChI=1S/C26H28N6O/c1-32(22-9-2-5-19-6-4-13-28-24(19)22)17-23-30-21-8-3-7-20(25(21)31-23)26(33)29-16-12-18-10-14-27-15-11-18/h3-4,6-8,10-11,13-15,22H,2,5,9,12,16-17H2,1H3,(H,29,33)(H,30,31). The van der Waals surface area contributed by atoms with E-state index in [1.165, 1.54) is 11.3 Å². The second-order valence-electron chi connectivity index (χ2n) is 8.62. The minimum absolute atomic E-state index is 0.105. The molecular formula is C26H28N6O. The number of hydrogen-bond acceptors (Lipinski definition) is 5. The molecule has 7 heteroatoms. The van der Waals surface area contributed by atoms with Crippen LogP contribution in [0, 0.1) is 0 Å². The van der Waals surface area contributed by atoms with Gasteiger partial charge in [0.2, 0.25) is 0 Å². The predicted octanol–water partition coefficient (Wildman–Crippen LogP) is 3.83. The second kappa shape index (κ2) is 9.50. The molecule has 5 rings (SSSR count). The molecule has 1 amide bonds. The van der Waals surface area contributed by atoms with Crippen LogP contribution in [0.3, 0.4) is 0 Å². The van der Waals surface area contributed by atoms with Crippen LogP contribution >= 0.6 is 0 Å². The molecule has 0 spiro atoms. The summed E-state index contributed by atoms with van der Waals surface area (Å²) in [6.45, 7) is 1.23. The van der Waals surface area contributed by atoms with E-state index in [2.05, 4.69) is 38.3 Å². The van der Waals surface area contributed by atoms with Crippen molar-refractivity contribution in [1.82, 2.24) is 30.2 Å². The summed E-state index contributed by atoms with van der Waals surface area (Å²) < 4.78 is 0. The summed E-state index contributed by atoms with van der Waals surface area (Å²) in [6, 6.07) is 14.1. The van der Waals surface area contributed by atoms with Gasteiger partial charge in [0.15, 0.2) is 0 Å². The fraction of sp³-hybridized carbons (Fsp3) is 0.308. The molecule has 1 aromatic carbocycles. The quantitative estimate of drug-likeness (QED) is 0.456. The van der Waals surface area contributed by atoms with Crippen molar-refractivity contribution in [2.24, 2.45) is 0 Å². The summed E-state index contributed by atoms with van der Waals surface area (Å²) in [4.78, 5) is 32.1. The SMILES string of the molecule is CN(Cc1nc2c(C(=O)NCCc3ccncc3)cccc2[nH]1)C1CCCc2cccnc21. The molecule has 3 aromatic heterocycles. The lowest BCUT2D eigenvalue weighted by molar-refractivity contribution is 0.0955. The van der Waals surface area contributed by atoms with Gasteiger partial charge in [-0.15, -0.1) is 0 Å². The number of nitrogens with one attached hydrogen (secondary N) is 2. The molecule has 168 valence electrons. The highest BCUT2D eigenvalue weighted by Gasteiger charge is 2.25. The first-order chi connectivity index (χ1) is 16.2. The van der Waals surface area contributed by atoms with Crippen LogP contribution in [0.25, 0.3) is 11.0 Å². The maximum atomic E-state index is 12.9. The minimum Gasteiger partial charge on any atom is -0.352 e. The Bertz CT molecular complexity index is 1250. The molecule has 4 aromatic rings. The number of H-pyrrole nitrogens is 1. The van der Waals surface area contributed by atoms with Crippen molar-refractivity contribution in [3.8, 4) is 0 Å². The summed E-state index contributed by atoms with van der Waals surface area (Å²) in [6.07, 6.45) is 9.52. The van der Waals surface area contributed by atoms with Gasteiger partial charge in [0, 0.05) is 25.1 Å². The third-order valence-corrected chi connectivity index (χ3v) is 6.35. The van der Waals surface area contributed by atoms with Gasteiger partial charge in [-0.3, -0.25) is 19.7 Å². The van der Waals surface area contributed by atoms with E-state index in [9.17, 15) is 4.79 Å². The molecule has 0 fully saturated rings. The molecule has 0 radical (unpaired) electrons. The monoisotopic (exact) mass is 440 g/mol. The predicted molar refractivity (Wildman–Crippen MR) is 128 cm³/mol. The van der Waals surface area contributed by atoms with E-state index in [-0.39, 0.29) is 11.9 Å². The third kappa shape index (κ3) is 4.64. The first-order valence-corrected chi connectivity index (χ1v) is 11.5. The number of aryl methyl sites for hydroxylation is 1. The molecular weight excluding hydrogens is 412 g/mol. The maximum absolute atomic E-state index is 12.9. The molecule has 0 saturated carbocycles. The Balaban J connectivity index is 1.29. The average molecular weight is 441 g/mol. The van der Waals surface area contributed by atoms with Crippen molar-refractivity contribution in [1.29, 1.82) is 0 Å². The number of aromatic amines is 1. The summed E-state index contributed by atoms with van der Waals surface area (Å²) in [7, 11) is 2.12. The molecule has 1 aliphatic carbocycles. The van der Waals surface area contributed by atoms with E-state index in [1.807, 2.05) is 42.6 Å². The molecule has 0 aliphatic heterocycles. The number of para-hydroxylation sites is 1. The number of hydrogen-bond donors (Lipinski definition) is 2. The van der Waals surface area contributed by atoms with E-state index in [0.29, 0.717) is 24.2 Å². The van der Waals surface area contributed by atoms with E-state index in [0.717, 1.165) is 42.6 Å². The van der Waals surface area contributed by atoms with Gasteiger partial charge < -0.3 is 10.3 Å². The number of rotatable bonds is 7. The van der Waals surface area contributed by atoms with Gasteiger partial charge in [0.05, 0.1) is 29.4 Å². The van der Waals surface area contributed by atoms with Crippen LogP contribution < -0.4 is 5.32 Å². The number of aromatic nitrogens is 4. The molecule has 3 heterocycles. The fourth-order valence-electron chi connectivity index (χ4n) is 4.67. The van der Waals surface area contributed by atoms with Crippen LogP contribution in [-0.2, 0) is 19.4 Å². The van der Waals surface area contributed by atoms with Crippen molar-refractivity contribution in [2.75, 3.05) is 13.6 Å². The topological polar surface area (TPSA) is 86.8 Å². The Morgan fingerprint density at radius 3 is 2.91 bits per heavy atom. The lowest BCUT2D eigenvalue weighted by atomic mass is 9.91. The Morgan fingerprint density at radius 1 is 1.15 bits per heavy atom. The normalized spacial score (nSPS) is 15.5. The van der Waals surface area contributed by atoms with Crippen LogP contribution in [0.15, 0.2) is 61.1 Å². The van der Waals surface area contributed by atoms with Crippen molar-refractivity contribution in [3.05, 3.63) is 89.3 Å². The molecule has 2 N–H and O–H groups in total. The van der Waals surface area contributed by atoms with E-state index < -0.39 is 0 Å². The number of fused-ring (bicyclic) bond motifs is 2. The lowest BCUT2D eigenvalue weighted by Crippen LogP contribution is -2.28. The minimum atomic E-state index is -0.105. The second-order valence-corrected chi connectivity index (χ2v) is 8.62. The highest BCUT2D eigenvalue weighted by atomic mass is 16.1. The van der Waals surface area contributed by atoms with Crippen molar-refractivity contribution in [2.45, 2.75) is 38.3 Å². The molecule has 33 heavy (non-hydrogen) atoms. The van der Waals surface area contributed by atoms with Crippen LogP contribution in [0.4, 0.5) is 0 Å². The molecule has 0 saturated heterocycles. The van der Waals surface area contributed by atoms with Gasteiger partial charge >= 0.3 is 0 Å². The fourth-order valence-corrected chi connectivity index (χ4v) is 4.67. The smallest absolute Gasteiger partial charge is 0.253 e. The van der Waals surface area contributed by atoms with Crippen molar-refractivity contribution >= 4 is 16.9 Å². The highest BCUT2D eigenvalue weighted by Crippen LogP contribution is 2.32. The summed E-state index contributed by atoms with van der Waals surface area (Å²) in [5.74, 6) is 0.749. The number of benzene rings is 1. The Kier molecular flexibility index (Phi) is 6.13. The molecule has 7 nitrogen and oxygen atoms in total. The number of nitrogens with zero attached hydrogens (tertiary/aromatic N) is 4. The van der Waals surface area contributed by atoms with Crippen LogP contribution in [-0.4, -0.2) is 44.3 Å². The van der Waals surface area contributed by atoms with Crippen LogP contribution in [0.2, 0.25) is 0 Å².